The van der Waals surface area contributed by atoms with Gasteiger partial charge >= 0.3 is 12.1 Å². The van der Waals surface area contributed by atoms with Gasteiger partial charge in [0.1, 0.15) is 23.6 Å². The van der Waals surface area contributed by atoms with Gasteiger partial charge in [-0.15, -0.1) is 0 Å². The number of amides is 1. The van der Waals surface area contributed by atoms with Crippen LogP contribution in [0, 0.1) is 0 Å². The zero-order valence-electron chi connectivity index (χ0n) is 30.0. The molecule has 0 saturated carbocycles. The van der Waals surface area contributed by atoms with Gasteiger partial charge in [-0.3, -0.25) is 9.59 Å². The van der Waals surface area contributed by atoms with Crippen molar-refractivity contribution in [1.82, 2.24) is 5.32 Å². The van der Waals surface area contributed by atoms with Gasteiger partial charge in [-0.05, 0) is 63.3 Å². The molecule has 1 aromatic carbocycles. The van der Waals surface area contributed by atoms with Gasteiger partial charge in [0.05, 0.1) is 12.5 Å². The van der Waals surface area contributed by atoms with Gasteiger partial charge in [-0.25, -0.2) is 4.79 Å². The molecule has 0 aliphatic heterocycles. The fraction of sp³-hybridized carbons (Fsp3) is 0.583. The van der Waals surface area contributed by atoms with Crippen molar-refractivity contribution < 1.29 is 33.3 Å². The monoisotopic (exact) mass is 623 g/mol. The van der Waals surface area contributed by atoms with Crippen LogP contribution in [0.3, 0.4) is 0 Å². The Kier molecular flexibility index (Phi) is 30.9. The lowest BCUT2D eigenvalue weighted by atomic mass is 9.81. The molecule has 1 aromatic rings. The molecule has 3 atom stereocenters. The standard InChI is InChI=1S/C23H32FNO5.C5H6O.4C2H6/c1-15-13-23(6,30-24)14-19(16(15)2)28-20(26)12-18(17-10-8-7-9-11-17)25-21(27)29-22(3,4)5;1-2-3-4-5-6;4*1-2/h7-11,18-19H,12-14H2,1-6H3,(H,25,27);2-5H,1H2;4*1-2H3/b;4-3+;;;;/t18-,19+,23-;;;;;/m1...../s1. The first-order valence-electron chi connectivity index (χ1n) is 15.8. The molecule has 0 spiro atoms. The van der Waals surface area contributed by atoms with E-state index in [0.717, 1.165) is 16.7 Å². The van der Waals surface area contributed by atoms with Gasteiger partial charge in [0.25, 0.3) is 0 Å². The molecule has 0 heterocycles. The number of rotatable bonds is 8. The first kappa shape index (κ1) is 47.7. The lowest BCUT2D eigenvalue weighted by Gasteiger charge is -2.36. The van der Waals surface area contributed by atoms with E-state index in [2.05, 4.69) is 16.8 Å². The molecule has 0 fully saturated rings. The number of carbonyl (C=O) groups excluding carboxylic acids is 3. The van der Waals surface area contributed by atoms with Crippen molar-refractivity contribution in [3.05, 3.63) is 71.8 Å². The van der Waals surface area contributed by atoms with Gasteiger partial charge in [0.15, 0.2) is 0 Å². The number of alkyl carbamates (subject to hydrolysis) is 1. The van der Waals surface area contributed by atoms with Crippen LogP contribution in [-0.2, 0) is 24.0 Å². The lowest BCUT2D eigenvalue weighted by Crippen LogP contribution is -2.39. The molecule has 1 aliphatic carbocycles. The van der Waals surface area contributed by atoms with Crippen molar-refractivity contribution in [2.45, 2.75) is 140 Å². The molecule has 0 saturated heterocycles. The Balaban J connectivity index is -0.000000488. The van der Waals surface area contributed by atoms with E-state index >= 15 is 0 Å². The molecule has 7 nitrogen and oxygen atoms in total. The zero-order valence-corrected chi connectivity index (χ0v) is 30.0. The largest absolute Gasteiger partial charge is 0.458 e. The summed E-state index contributed by atoms with van der Waals surface area (Å²) in [5.41, 5.74) is 0.899. The second kappa shape index (κ2) is 28.5. The second-order valence-electron chi connectivity index (χ2n) is 9.92. The summed E-state index contributed by atoms with van der Waals surface area (Å²) in [6, 6.07) is 8.52. The number of ether oxygens (including phenoxy) is 2. The highest BCUT2D eigenvalue weighted by molar-refractivity contribution is 5.74. The summed E-state index contributed by atoms with van der Waals surface area (Å²) >= 11 is 0. The minimum Gasteiger partial charge on any atom is -0.458 e. The average Bonchev–Trinajstić information content (AvgIpc) is 3.02. The number of hydrogen-bond donors (Lipinski definition) is 1. The van der Waals surface area contributed by atoms with E-state index in [1.54, 1.807) is 39.8 Å². The second-order valence-corrected chi connectivity index (χ2v) is 9.92. The Morgan fingerprint density at radius 1 is 1.02 bits per heavy atom. The normalized spacial score (nSPS) is 17.4. The Labute approximate surface area is 268 Å². The summed E-state index contributed by atoms with van der Waals surface area (Å²) in [5, 5.41) is 2.75. The van der Waals surface area contributed by atoms with E-state index in [1.165, 1.54) is 6.08 Å². The van der Waals surface area contributed by atoms with Crippen LogP contribution in [0.15, 0.2) is 66.3 Å². The molecule has 2 rings (SSSR count). The molecule has 44 heavy (non-hydrogen) atoms. The molecule has 254 valence electrons. The quantitative estimate of drug-likeness (QED) is 0.102. The molecular weight excluding hydrogens is 561 g/mol. The summed E-state index contributed by atoms with van der Waals surface area (Å²) in [7, 11) is 0. The number of aldehydes is 1. The predicted molar refractivity (Wildman–Crippen MR) is 182 cm³/mol. The smallest absolute Gasteiger partial charge is 0.408 e. The molecule has 0 radical (unpaired) electrons. The summed E-state index contributed by atoms with van der Waals surface area (Å²) in [4.78, 5) is 38.6. The van der Waals surface area contributed by atoms with Crippen molar-refractivity contribution in [2.24, 2.45) is 0 Å². The molecule has 1 amide bonds. The minimum absolute atomic E-state index is 0.0840. The van der Waals surface area contributed by atoms with E-state index in [-0.39, 0.29) is 12.8 Å². The number of allylic oxidation sites excluding steroid dienone is 3. The molecule has 0 bridgehead atoms. The number of carbonyl (C=O) groups is 3. The highest BCUT2D eigenvalue weighted by Crippen LogP contribution is 2.37. The van der Waals surface area contributed by atoms with Gasteiger partial charge in [-0.1, -0.05) is 110 Å². The third-order valence-electron chi connectivity index (χ3n) is 5.46. The van der Waals surface area contributed by atoms with Crippen LogP contribution in [0.5, 0.6) is 0 Å². The van der Waals surface area contributed by atoms with Gasteiger partial charge in [0.2, 0.25) is 0 Å². The molecule has 0 unspecified atom stereocenters. The zero-order chi connectivity index (χ0) is 35.4. The number of hydrogen-bond acceptors (Lipinski definition) is 6. The topological polar surface area (TPSA) is 90.9 Å². The summed E-state index contributed by atoms with van der Waals surface area (Å²) in [6.07, 6.45) is 4.61. The van der Waals surface area contributed by atoms with Crippen LogP contribution >= 0.6 is 0 Å². The summed E-state index contributed by atoms with van der Waals surface area (Å²) in [6.45, 7) is 30.1. The van der Waals surface area contributed by atoms with E-state index < -0.39 is 35.4 Å². The number of benzene rings is 1. The Morgan fingerprint density at radius 3 is 1.95 bits per heavy atom. The number of halogens is 1. The molecule has 1 aliphatic rings. The minimum atomic E-state index is -1.03. The van der Waals surface area contributed by atoms with Crippen LogP contribution in [0.2, 0.25) is 0 Å². The summed E-state index contributed by atoms with van der Waals surface area (Å²) < 4.78 is 24.1. The fourth-order valence-corrected chi connectivity index (χ4v) is 3.67. The van der Waals surface area contributed by atoms with Crippen LogP contribution in [-0.4, -0.2) is 35.7 Å². The molecule has 1 N–H and O–H groups in total. The third kappa shape index (κ3) is 22.3. The van der Waals surface area contributed by atoms with Crippen LogP contribution in [0.4, 0.5) is 9.32 Å². The Hall–Kier alpha value is -3.26. The van der Waals surface area contributed by atoms with Crippen molar-refractivity contribution in [3.63, 3.8) is 0 Å². The average molecular weight is 624 g/mol. The third-order valence-corrected chi connectivity index (χ3v) is 5.46. The van der Waals surface area contributed by atoms with Crippen molar-refractivity contribution in [3.8, 4) is 0 Å². The first-order chi connectivity index (χ1) is 20.8. The first-order valence-corrected chi connectivity index (χ1v) is 15.8. The Morgan fingerprint density at radius 2 is 1.55 bits per heavy atom. The van der Waals surface area contributed by atoms with Crippen molar-refractivity contribution in [1.29, 1.82) is 0 Å². The van der Waals surface area contributed by atoms with Crippen LogP contribution in [0.25, 0.3) is 0 Å². The fourth-order valence-electron chi connectivity index (χ4n) is 3.67. The van der Waals surface area contributed by atoms with Crippen molar-refractivity contribution >= 4 is 18.3 Å². The van der Waals surface area contributed by atoms with Crippen LogP contribution < -0.4 is 5.32 Å². The molecule has 0 aromatic heterocycles. The summed E-state index contributed by atoms with van der Waals surface area (Å²) in [5.74, 6) is -0.500. The number of nitrogens with one attached hydrogen (secondary N) is 1. The van der Waals surface area contributed by atoms with Crippen LogP contribution in [0.1, 0.15) is 128 Å². The van der Waals surface area contributed by atoms with E-state index in [1.807, 2.05) is 99.6 Å². The Bertz CT molecular complexity index is 943. The predicted octanol–water partition coefficient (Wildman–Crippen LogP) is 10.4. The molecular formula is C36H62FNO6. The highest BCUT2D eigenvalue weighted by atomic mass is 19.3. The van der Waals surface area contributed by atoms with Crippen molar-refractivity contribution in [2.75, 3.05) is 0 Å². The van der Waals surface area contributed by atoms with E-state index in [4.69, 9.17) is 9.47 Å². The number of esters is 1. The van der Waals surface area contributed by atoms with Gasteiger partial charge < -0.3 is 14.8 Å². The van der Waals surface area contributed by atoms with Gasteiger partial charge in [0, 0.05) is 12.8 Å². The maximum absolute atomic E-state index is 13.1. The maximum atomic E-state index is 13.1. The molecule has 8 heteroatoms. The van der Waals surface area contributed by atoms with E-state index in [0.29, 0.717) is 12.7 Å². The maximum Gasteiger partial charge on any atom is 0.408 e. The SMILES string of the molecule is C=C/C=C/C=O.CC.CC.CC.CC.CC1=C(C)[C@@H](OC(=O)C[C@@H](NC(=O)OC(C)(C)C)c2ccccc2)C[C@](C)(OF)C1. The van der Waals surface area contributed by atoms with Gasteiger partial charge in [-0.2, -0.15) is 4.94 Å². The lowest BCUT2D eigenvalue weighted by molar-refractivity contribution is -0.240. The highest BCUT2D eigenvalue weighted by Gasteiger charge is 2.38. The van der Waals surface area contributed by atoms with E-state index in [9.17, 15) is 18.9 Å².